The Kier molecular flexibility index (Phi) is 1.89. The maximum absolute atomic E-state index is 10.4. The first kappa shape index (κ1) is 7.71. The van der Waals surface area contributed by atoms with Crippen LogP contribution < -0.4 is 0 Å². The molecule has 1 heterocycles. The van der Waals surface area contributed by atoms with Gasteiger partial charge in [-0.05, 0) is 18.8 Å². The van der Waals surface area contributed by atoms with Gasteiger partial charge >= 0.3 is 5.82 Å². The Balaban J connectivity index is 3.17. The van der Waals surface area contributed by atoms with E-state index in [-0.39, 0.29) is 5.82 Å². The van der Waals surface area contributed by atoms with Gasteiger partial charge in [-0.3, -0.25) is 0 Å². The zero-order valence-electron chi connectivity index (χ0n) is 6.44. The first-order valence-electron chi connectivity index (χ1n) is 3.33. The Bertz CT molecular complexity index is 279. The summed E-state index contributed by atoms with van der Waals surface area (Å²) in [5, 5.41) is 14.2. The smallest absolute Gasteiger partial charge is 0.347 e. The van der Waals surface area contributed by atoms with Crippen LogP contribution in [0, 0.1) is 17.0 Å². The molecule has 0 N–H and O–H groups in total. The molecule has 1 aromatic rings. The molecule has 11 heavy (non-hydrogen) atoms. The van der Waals surface area contributed by atoms with Crippen molar-refractivity contribution in [2.24, 2.45) is 0 Å². The summed E-state index contributed by atoms with van der Waals surface area (Å²) < 4.78 is 1.37. The van der Waals surface area contributed by atoms with Crippen LogP contribution in [0.5, 0.6) is 0 Å². The molecule has 0 amide bonds. The highest BCUT2D eigenvalue weighted by Crippen LogP contribution is 2.15. The van der Waals surface area contributed by atoms with E-state index in [2.05, 4.69) is 5.10 Å². The summed E-state index contributed by atoms with van der Waals surface area (Å²) in [7, 11) is 0. The van der Waals surface area contributed by atoms with Gasteiger partial charge in [0, 0.05) is 0 Å². The Hall–Kier alpha value is -1.39. The second-order valence-electron chi connectivity index (χ2n) is 2.22. The van der Waals surface area contributed by atoms with Crippen LogP contribution in [-0.4, -0.2) is 14.7 Å². The predicted octanol–water partition coefficient (Wildman–Crippen LogP) is 1.12. The summed E-state index contributed by atoms with van der Waals surface area (Å²) in [5.74, 6) is 0.0903. The third kappa shape index (κ3) is 1.21. The largest absolute Gasteiger partial charge is 0.358 e. The highest BCUT2D eigenvalue weighted by Gasteiger charge is 2.16. The molecule has 0 aliphatic carbocycles. The lowest BCUT2D eigenvalue weighted by molar-refractivity contribution is -0.393. The van der Waals surface area contributed by atoms with Crippen LogP contribution in [0.2, 0.25) is 0 Å². The molecule has 0 bridgehead atoms. The zero-order chi connectivity index (χ0) is 8.43. The molecule has 0 saturated heterocycles. The van der Waals surface area contributed by atoms with Crippen LogP contribution in [-0.2, 0) is 6.54 Å². The van der Waals surface area contributed by atoms with E-state index in [0.717, 1.165) is 0 Å². The number of hydrogen-bond donors (Lipinski definition) is 0. The molecular formula is C6H9N3O2. The first-order chi connectivity index (χ1) is 5.16. The lowest BCUT2D eigenvalue weighted by atomic mass is 10.4. The van der Waals surface area contributed by atoms with Gasteiger partial charge in [0.05, 0.1) is 11.8 Å². The fourth-order valence-corrected chi connectivity index (χ4v) is 0.942. The molecule has 0 spiro atoms. The quantitative estimate of drug-likeness (QED) is 0.475. The second kappa shape index (κ2) is 2.69. The molecule has 0 radical (unpaired) electrons. The molecule has 60 valence electrons. The summed E-state index contributed by atoms with van der Waals surface area (Å²) in [4.78, 5) is 10.00. The van der Waals surface area contributed by atoms with Crippen LogP contribution in [0.15, 0.2) is 6.20 Å². The Morgan fingerprint density at radius 1 is 1.82 bits per heavy atom. The van der Waals surface area contributed by atoms with Gasteiger partial charge in [0.1, 0.15) is 6.54 Å². The van der Waals surface area contributed by atoms with Crippen molar-refractivity contribution in [3.05, 3.63) is 21.9 Å². The lowest BCUT2D eigenvalue weighted by Gasteiger charge is -1.95. The van der Waals surface area contributed by atoms with Gasteiger partial charge in [-0.2, -0.15) is 0 Å². The minimum atomic E-state index is -0.411. The molecule has 1 aromatic heterocycles. The second-order valence-corrected chi connectivity index (χ2v) is 2.22. The molecule has 0 aliphatic heterocycles. The fraction of sp³-hybridized carbons (Fsp3) is 0.500. The zero-order valence-corrected chi connectivity index (χ0v) is 6.44. The van der Waals surface area contributed by atoms with Crippen molar-refractivity contribution in [1.29, 1.82) is 0 Å². The van der Waals surface area contributed by atoms with Gasteiger partial charge in [0.2, 0.25) is 0 Å². The molecule has 0 aromatic carbocycles. The van der Waals surface area contributed by atoms with E-state index in [9.17, 15) is 10.1 Å². The number of rotatable bonds is 2. The van der Waals surface area contributed by atoms with Gasteiger partial charge in [0.25, 0.3) is 0 Å². The standard InChI is InChI=1S/C6H9N3O2/c1-3-8-6(9(10)11)5(2)4-7-8/h4H,3H2,1-2H3. The first-order valence-corrected chi connectivity index (χ1v) is 3.33. The van der Waals surface area contributed by atoms with Crippen molar-refractivity contribution in [3.63, 3.8) is 0 Å². The minimum absolute atomic E-state index is 0.0903. The number of nitrogens with zero attached hydrogens (tertiary/aromatic N) is 3. The monoisotopic (exact) mass is 155 g/mol. The average molecular weight is 155 g/mol. The molecule has 5 nitrogen and oxygen atoms in total. The van der Waals surface area contributed by atoms with Gasteiger partial charge in [-0.15, -0.1) is 4.68 Å². The topological polar surface area (TPSA) is 61.0 Å². The normalized spacial score (nSPS) is 10.0. The maximum atomic E-state index is 10.4. The van der Waals surface area contributed by atoms with Crippen molar-refractivity contribution in [2.75, 3.05) is 0 Å². The van der Waals surface area contributed by atoms with Crippen molar-refractivity contribution < 1.29 is 4.92 Å². The van der Waals surface area contributed by atoms with Crippen molar-refractivity contribution >= 4 is 5.82 Å². The van der Waals surface area contributed by atoms with Gasteiger partial charge in [0.15, 0.2) is 0 Å². The minimum Gasteiger partial charge on any atom is -0.358 e. The molecule has 5 heteroatoms. The van der Waals surface area contributed by atoms with Gasteiger partial charge in [-0.25, -0.2) is 0 Å². The van der Waals surface area contributed by atoms with Crippen LogP contribution in [0.3, 0.4) is 0 Å². The summed E-state index contributed by atoms with van der Waals surface area (Å²) in [6, 6.07) is 0. The number of nitro groups is 1. The van der Waals surface area contributed by atoms with Crippen molar-refractivity contribution in [1.82, 2.24) is 9.78 Å². The lowest BCUT2D eigenvalue weighted by Crippen LogP contribution is -2.02. The van der Waals surface area contributed by atoms with Crippen LogP contribution >= 0.6 is 0 Å². The van der Waals surface area contributed by atoms with Crippen molar-refractivity contribution in [3.8, 4) is 0 Å². The summed E-state index contributed by atoms with van der Waals surface area (Å²) in [5.41, 5.74) is 0.608. The molecule has 0 fully saturated rings. The van der Waals surface area contributed by atoms with Gasteiger partial charge < -0.3 is 10.1 Å². The number of aryl methyl sites for hydroxylation is 2. The highest BCUT2D eigenvalue weighted by molar-refractivity contribution is 5.29. The van der Waals surface area contributed by atoms with E-state index in [0.29, 0.717) is 12.1 Å². The van der Waals surface area contributed by atoms with E-state index in [4.69, 9.17) is 0 Å². The van der Waals surface area contributed by atoms with Crippen LogP contribution in [0.4, 0.5) is 5.82 Å². The molecular weight excluding hydrogens is 146 g/mol. The fourth-order valence-electron chi connectivity index (χ4n) is 0.942. The van der Waals surface area contributed by atoms with Gasteiger partial charge in [-0.1, -0.05) is 5.10 Å². The highest BCUT2D eigenvalue weighted by atomic mass is 16.6. The molecule has 0 saturated carbocycles. The van der Waals surface area contributed by atoms with E-state index in [1.54, 1.807) is 6.92 Å². The molecule has 0 atom stereocenters. The Labute approximate surface area is 63.8 Å². The van der Waals surface area contributed by atoms with E-state index in [1.165, 1.54) is 10.9 Å². The molecule has 1 rings (SSSR count). The van der Waals surface area contributed by atoms with E-state index in [1.807, 2.05) is 6.92 Å². The Morgan fingerprint density at radius 2 is 2.45 bits per heavy atom. The third-order valence-electron chi connectivity index (χ3n) is 1.46. The average Bonchev–Trinajstić information content (AvgIpc) is 2.30. The predicted molar refractivity (Wildman–Crippen MR) is 39.3 cm³/mol. The number of hydrogen-bond acceptors (Lipinski definition) is 3. The van der Waals surface area contributed by atoms with E-state index >= 15 is 0 Å². The SMILES string of the molecule is CCn1ncc(C)c1[N+](=O)[O-]. The summed E-state index contributed by atoms with van der Waals surface area (Å²) in [6.45, 7) is 4.03. The summed E-state index contributed by atoms with van der Waals surface area (Å²) >= 11 is 0. The van der Waals surface area contributed by atoms with Crippen LogP contribution in [0.25, 0.3) is 0 Å². The maximum Gasteiger partial charge on any atom is 0.347 e. The van der Waals surface area contributed by atoms with Crippen LogP contribution in [0.1, 0.15) is 12.5 Å². The van der Waals surface area contributed by atoms with E-state index < -0.39 is 4.92 Å². The Morgan fingerprint density at radius 3 is 2.82 bits per heavy atom. The molecule has 0 aliphatic rings. The molecule has 0 unspecified atom stereocenters. The van der Waals surface area contributed by atoms with Crippen molar-refractivity contribution in [2.45, 2.75) is 20.4 Å². The number of aromatic nitrogens is 2. The third-order valence-corrected chi connectivity index (χ3v) is 1.46. The summed E-state index contributed by atoms with van der Waals surface area (Å²) in [6.07, 6.45) is 1.50.